The predicted molar refractivity (Wildman–Crippen MR) is 87.4 cm³/mol. The van der Waals surface area contributed by atoms with Gasteiger partial charge in [-0.05, 0) is 6.42 Å². The zero-order valence-corrected chi connectivity index (χ0v) is 14.0. The fourth-order valence-corrected chi connectivity index (χ4v) is 4.33. The van der Waals surface area contributed by atoms with Crippen LogP contribution in [0.15, 0.2) is 0 Å². The van der Waals surface area contributed by atoms with Crippen molar-refractivity contribution in [2.75, 3.05) is 70.7 Å². The van der Waals surface area contributed by atoms with E-state index in [1.165, 1.54) is 0 Å². The van der Waals surface area contributed by atoms with Crippen molar-refractivity contribution < 1.29 is 14.3 Å². The van der Waals surface area contributed by atoms with Crippen LogP contribution in [0.25, 0.3) is 0 Å². The SMILES string of the molecule is O=C(NC[C@@H]([C@@H]1CCOC1)N1CCOCC1)N1CCSCC1. The van der Waals surface area contributed by atoms with Gasteiger partial charge in [-0.1, -0.05) is 0 Å². The Morgan fingerprint density at radius 1 is 1.14 bits per heavy atom. The number of morpholine rings is 1. The molecule has 0 aromatic heterocycles. The number of nitrogens with one attached hydrogen (secondary N) is 1. The van der Waals surface area contributed by atoms with Gasteiger partial charge >= 0.3 is 6.03 Å². The molecule has 0 unspecified atom stereocenters. The molecule has 0 saturated carbocycles. The van der Waals surface area contributed by atoms with E-state index >= 15 is 0 Å². The highest BCUT2D eigenvalue weighted by Crippen LogP contribution is 2.22. The summed E-state index contributed by atoms with van der Waals surface area (Å²) in [7, 11) is 0. The molecule has 2 atom stereocenters. The Kier molecular flexibility index (Phi) is 6.23. The van der Waals surface area contributed by atoms with Crippen LogP contribution in [0.1, 0.15) is 6.42 Å². The molecule has 2 amide bonds. The van der Waals surface area contributed by atoms with Gasteiger partial charge in [-0.25, -0.2) is 4.79 Å². The third-order valence-corrected chi connectivity index (χ3v) is 5.73. The maximum Gasteiger partial charge on any atom is 0.317 e. The average molecular weight is 329 g/mol. The van der Waals surface area contributed by atoms with Gasteiger partial charge in [0.05, 0.1) is 19.8 Å². The summed E-state index contributed by atoms with van der Waals surface area (Å²) in [5.74, 6) is 2.63. The second-order valence-electron chi connectivity index (χ2n) is 6.12. The Labute approximate surface area is 136 Å². The van der Waals surface area contributed by atoms with E-state index in [9.17, 15) is 4.79 Å². The molecule has 7 heteroatoms. The second kappa shape index (κ2) is 8.38. The van der Waals surface area contributed by atoms with Gasteiger partial charge in [0.25, 0.3) is 0 Å². The van der Waals surface area contributed by atoms with Crippen LogP contribution in [-0.4, -0.2) is 92.5 Å². The highest BCUT2D eigenvalue weighted by molar-refractivity contribution is 7.99. The minimum Gasteiger partial charge on any atom is -0.381 e. The molecular weight excluding hydrogens is 302 g/mol. The molecule has 0 aliphatic carbocycles. The third kappa shape index (κ3) is 4.28. The van der Waals surface area contributed by atoms with E-state index in [1.807, 2.05) is 16.7 Å². The van der Waals surface area contributed by atoms with E-state index in [2.05, 4.69) is 10.2 Å². The van der Waals surface area contributed by atoms with E-state index in [1.54, 1.807) is 0 Å². The molecule has 0 spiro atoms. The first-order valence-electron chi connectivity index (χ1n) is 8.34. The van der Waals surface area contributed by atoms with Crippen LogP contribution in [0.2, 0.25) is 0 Å². The Hall–Kier alpha value is -0.500. The Bertz CT molecular complexity index is 354. The molecular formula is C15H27N3O3S. The maximum absolute atomic E-state index is 12.3. The quantitative estimate of drug-likeness (QED) is 0.813. The standard InChI is InChI=1S/C15H27N3O3S/c19-15(18-4-9-22-10-5-18)16-11-14(13-1-6-21-12-13)17-2-7-20-8-3-17/h13-14H,1-12H2,(H,16,19)/t13-,14+/m1/s1. The van der Waals surface area contributed by atoms with Crippen molar-refractivity contribution >= 4 is 17.8 Å². The zero-order chi connectivity index (χ0) is 15.2. The molecule has 3 aliphatic rings. The minimum atomic E-state index is 0.0949. The third-order valence-electron chi connectivity index (χ3n) is 4.78. The fraction of sp³-hybridized carbons (Fsp3) is 0.933. The van der Waals surface area contributed by atoms with Gasteiger partial charge in [-0.2, -0.15) is 11.8 Å². The Morgan fingerprint density at radius 3 is 2.59 bits per heavy atom. The number of ether oxygens (including phenoxy) is 2. The van der Waals surface area contributed by atoms with E-state index in [-0.39, 0.29) is 6.03 Å². The predicted octanol–water partition coefficient (Wildman–Crippen LogP) is 0.482. The number of amides is 2. The summed E-state index contributed by atoms with van der Waals surface area (Å²) in [4.78, 5) is 16.7. The lowest BCUT2D eigenvalue weighted by molar-refractivity contribution is 0.00188. The van der Waals surface area contributed by atoms with E-state index in [0.29, 0.717) is 12.0 Å². The summed E-state index contributed by atoms with van der Waals surface area (Å²) in [6.07, 6.45) is 1.10. The summed E-state index contributed by atoms with van der Waals surface area (Å²) in [5, 5.41) is 3.17. The van der Waals surface area contributed by atoms with Crippen molar-refractivity contribution in [2.45, 2.75) is 12.5 Å². The lowest BCUT2D eigenvalue weighted by atomic mass is 9.97. The van der Waals surface area contributed by atoms with Gasteiger partial charge in [-0.15, -0.1) is 0 Å². The molecule has 0 bridgehead atoms. The first kappa shape index (κ1) is 16.4. The number of thioether (sulfide) groups is 1. The van der Waals surface area contributed by atoms with Crippen LogP contribution in [0.5, 0.6) is 0 Å². The van der Waals surface area contributed by atoms with Crippen LogP contribution >= 0.6 is 11.8 Å². The molecule has 22 heavy (non-hydrogen) atoms. The molecule has 3 fully saturated rings. The molecule has 0 aromatic carbocycles. The number of carbonyl (C=O) groups excluding carboxylic acids is 1. The van der Waals surface area contributed by atoms with Crippen LogP contribution in [0.3, 0.4) is 0 Å². The summed E-state index contributed by atoms with van der Waals surface area (Å²) >= 11 is 1.92. The average Bonchev–Trinajstić information content (AvgIpc) is 3.11. The number of hydrogen-bond acceptors (Lipinski definition) is 5. The van der Waals surface area contributed by atoms with Gasteiger partial charge in [0, 0.05) is 62.8 Å². The van der Waals surface area contributed by atoms with Crippen molar-refractivity contribution in [3.63, 3.8) is 0 Å². The molecule has 3 rings (SSSR count). The van der Waals surface area contributed by atoms with Gasteiger partial charge < -0.3 is 19.7 Å². The van der Waals surface area contributed by atoms with Gasteiger partial charge in [0.2, 0.25) is 0 Å². The van der Waals surface area contributed by atoms with Gasteiger partial charge in [0.1, 0.15) is 0 Å². The number of rotatable bonds is 4. The molecule has 0 radical (unpaired) electrons. The number of nitrogens with zero attached hydrogens (tertiary/aromatic N) is 2. The first-order valence-corrected chi connectivity index (χ1v) is 9.50. The van der Waals surface area contributed by atoms with Crippen LogP contribution in [0.4, 0.5) is 4.79 Å². The first-order chi connectivity index (χ1) is 10.8. The molecule has 0 aromatic rings. The number of hydrogen-bond donors (Lipinski definition) is 1. The molecule has 126 valence electrons. The van der Waals surface area contributed by atoms with Crippen LogP contribution in [-0.2, 0) is 9.47 Å². The summed E-state index contributed by atoms with van der Waals surface area (Å²) in [6, 6.07) is 0.465. The monoisotopic (exact) mass is 329 g/mol. The minimum absolute atomic E-state index is 0.0949. The van der Waals surface area contributed by atoms with E-state index in [0.717, 1.165) is 77.1 Å². The van der Waals surface area contributed by atoms with E-state index < -0.39 is 0 Å². The molecule has 3 aliphatic heterocycles. The fourth-order valence-electron chi connectivity index (χ4n) is 3.43. The summed E-state index contributed by atoms with van der Waals surface area (Å²) in [5.41, 5.74) is 0. The van der Waals surface area contributed by atoms with Crippen molar-refractivity contribution in [2.24, 2.45) is 5.92 Å². The Morgan fingerprint density at radius 2 is 1.91 bits per heavy atom. The van der Waals surface area contributed by atoms with Crippen LogP contribution in [0, 0.1) is 5.92 Å². The van der Waals surface area contributed by atoms with Gasteiger partial charge in [0.15, 0.2) is 0 Å². The molecule has 3 saturated heterocycles. The van der Waals surface area contributed by atoms with E-state index in [4.69, 9.17) is 9.47 Å². The zero-order valence-electron chi connectivity index (χ0n) is 13.2. The van der Waals surface area contributed by atoms with Crippen LogP contribution < -0.4 is 5.32 Å². The summed E-state index contributed by atoms with van der Waals surface area (Å²) < 4.78 is 11.0. The normalized spacial score (nSPS) is 28.5. The van der Waals surface area contributed by atoms with Gasteiger partial charge in [-0.3, -0.25) is 4.90 Å². The smallest absolute Gasteiger partial charge is 0.317 e. The molecule has 6 nitrogen and oxygen atoms in total. The lowest BCUT2D eigenvalue weighted by Crippen LogP contribution is -2.54. The second-order valence-corrected chi connectivity index (χ2v) is 7.35. The number of carbonyl (C=O) groups is 1. The van der Waals surface area contributed by atoms with Crippen molar-refractivity contribution in [1.29, 1.82) is 0 Å². The molecule has 3 heterocycles. The van der Waals surface area contributed by atoms with Crippen molar-refractivity contribution in [1.82, 2.24) is 15.1 Å². The highest BCUT2D eigenvalue weighted by atomic mass is 32.2. The van der Waals surface area contributed by atoms with Crippen molar-refractivity contribution in [3.8, 4) is 0 Å². The largest absolute Gasteiger partial charge is 0.381 e. The number of urea groups is 1. The van der Waals surface area contributed by atoms with Crippen molar-refractivity contribution in [3.05, 3.63) is 0 Å². The topological polar surface area (TPSA) is 54.0 Å². The molecule has 1 N–H and O–H groups in total. The Balaban J connectivity index is 1.53. The highest BCUT2D eigenvalue weighted by Gasteiger charge is 2.32. The maximum atomic E-state index is 12.3. The lowest BCUT2D eigenvalue weighted by Gasteiger charge is -2.38. The summed E-state index contributed by atoms with van der Waals surface area (Å²) in [6.45, 7) is 7.62.